The number of hydrogen-bond donors (Lipinski definition) is 0. The molecule has 0 radical (unpaired) electrons. The summed E-state index contributed by atoms with van der Waals surface area (Å²) in [7, 11) is 2.22. The summed E-state index contributed by atoms with van der Waals surface area (Å²) < 4.78 is 51.0. The number of esters is 1. The molecule has 0 unspecified atom stereocenters. The molecule has 2 aromatic rings. The van der Waals surface area contributed by atoms with Crippen LogP contribution in [0.3, 0.4) is 0 Å². The molecule has 0 atom stereocenters. The summed E-state index contributed by atoms with van der Waals surface area (Å²) in [6.07, 6.45) is 0. The monoisotopic (exact) mass is 361 g/mol. The molecule has 130 valence electrons. The Morgan fingerprint density at radius 2 is 1.75 bits per heavy atom. The topological polar surface area (TPSA) is 48.4 Å². The summed E-state index contributed by atoms with van der Waals surface area (Å²) in [5.74, 6) is -5.12. The first kappa shape index (κ1) is 19.8. The molecule has 0 amide bonds. The van der Waals surface area contributed by atoms with Crippen LogP contribution in [0.4, 0.5) is 13.2 Å². The van der Waals surface area contributed by atoms with E-state index < -0.39 is 40.4 Å². The third-order valence-corrected chi connectivity index (χ3v) is 3.11. The van der Waals surface area contributed by atoms with E-state index in [1.54, 1.807) is 0 Å². The Balaban J connectivity index is 0.00000139. The number of pyridine rings is 1. The summed E-state index contributed by atoms with van der Waals surface area (Å²) in [6, 6.07) is 2.91. The molecule has 0 saturated carbocycles. The van der Waals surface area contributed by atoms with Crippen molar-refractivity contribution in [3.8, 4) is 17.0 Å². The molecule has 24 heavy (non-hydrogen) atoms. The van der Waals surface area contributed by atoms with E-state index in [4.69, 9.17) is 16.3 Å². The molecular formula is C16H15ClF3NO3. The lowest BCUT2D eigenvalue weighted by Crippen LogP contribution is -2.08. The standard InChI is InChI=1S/C14H9ClF3NO3.C2H6/c1-21-13-7(15)4-3-6(10(13)17)12-11(18)8(16)5-9(19-12)14(20)22-2;1-2/h3-5H,1-2H3;1-2H3. The molecule has 4 nitrogen and oxygen atoms in total. The predicted molar refractivity (Wildman–Crippen MR) is 83.8 cm³/mol. The van der Waals surface area contributed by atoms with Crippen molar-refractivity contribution >= 4 is 17.6 Å². The number of ether oxygens (including phenoxy) is 2. The second-order valence-corrected chi connectivity index (χ2v) is 4.49. The number of methoxy groups -OCH3 is 2. The van der Waals surface area contributed by atoms with Crippen LogP contribution in [-0.2, 0) is 4.74 Å². The fourth-order valence-electron chi connectivity index (χ4n) is 1.79. The lowest BCUT2D eigenvalue weighted by Gasteiger charge is -2.11. The molecule has 0 aliphatic carbocycles. The van der Waals surface area contributed by atoms with E-state index in [1.807, 2.05) is 13.8 Å². The number of carbonyl (C=O) groups is 1. The second-order valence-electron chi connectivity index (χ2n) is 4.09. The molecule has 1 aromatic carbocycles. The Morgan fingerprint density at radius 1 is 1.12 bits per heavy atom. The van der Waals surface area contributed by atoms with Gasteiger partial charge in [-0.3, -0.25) is 0 Å². The first-order chi connectivity index (χ1) is 11.4. The third kappa shape index (κ3) is 3.79. The average molecular weight is 362 g/mol. The van der Waals surface area contributed by atoms with Crippen molar-refractivity contribution in [1.29, 1.82) is 0 Å². The minimum atomic E-state index is -1.41. The highest BCUT2D eigenvalue weighted by Gasteiger charge is 2.23. The Labute approximate surface area is 142 Å². The van der Waals surface area contributed by atoms with E-state index in [-0.39, 0.29) is 10.8 Å². The zero-order chi connectivity index (χ0) is 18.4. The maximum Gasteiger partial charge on any atom is 0.356 e. The van der Waals surface area contributed by atoms with Gasteiger partial charge in [-0.1, -0.05) is 25.4 Å². The molecule has 1 aromatic heterocycles. The first-order valence-corrected chi connectivity index (χ1v) is 7.25. The van der Waals surface area contributed by atoms with Crippen LogP contribution < -0.4 is 4.74 Å². The fraction of sp³-hybridized carbons (Fsp3) is 0.250. The summed E-state index contributed by atoms with van der Waals surface area (Å²) in [6.45, 7) is 4.00. The first-order valence-electron chi connectivity index (χ1n) is 6.87. The van der Waals surface area contributed by atoms with Crippen LogP contribution in [0, 0.1) is 17.5 Å². The SMILES string of the molecule is CC.COC(=O)c1cc(F)c(F)c(-c2ccc(Cl)c(OC)c2F)n1. The fourth-order valence-corrected chi connectivity index (χ4v) is 2.01. The highest BCUT2D eigenvalue weighted by atomic mass is 35.5. The summed E-state index contributed by atoms with van der Waals surface area (Å²) in [5, 5.41) is -0.0475. The third-order valence-electron chi connectivity index (χ3n) is 2.82. The Morgan fingerprint density at radius 3 is 2.29 bits per heavy atom. The summed E-state index contributed by atoms with van der Waals surface area (Å²) in [4.78, 5) is 15.0. The number of halogens is 4. The van der Waals surface area contributed by atoms with E-state index in [1.165, 1.54) is 13.2 Å². The smallest absolute Gasteiger partial charge is 0.356 e. The Bertz CT molecular complexity index is 754. The number of nitrogens with zero attached hydrogens (tertiary/aromatic N) is 1. The maximum atomic E-state index is 14.3. The Hall–Kier alpha value is -2.28. The molecule has 8 heteroatoms. The van der Waals surface area contributed by atoms with Gasteiger partial charge in [-0.05, 0) is 12.1 Å². The molecule has 0 spiro atoms. The molecule has 0 saturated heterocycles. The number of carbonyl (C=O) groups excluding carboxylic acids is 1. The van der Waals surface area contributed by atoms with Gasteiger partial charge in [-0.15, -0.1) is 0 Å². The molecule has 0 bridgehead atoms. The van der Waals surface area contributed by atoms with Crippen LogP contribution in [0.5, 0.6) is 5.75 Å². The van der Waals surface area contributed by atoms with Crippen LogP contribution in [0.2, 0.25) is 5.02 Å². The Kier molecular flexibility index (Phi) is 7.03. The molecule has 0 aliphatic rings. The quantitative estimate of drug-likeness (QED) is 0.747. The van der Waals surface area contributed by atoms with Crippen molar-refractivity contribution < 1.29 is 27.4 Å². The lowest BCUT2D eigenvalue weighted by atomic mass is 10.1. The minimum Gasteiger partial charge on any atom is -0.492 e. The van der Waals surface area contributed by atoms with E-state index in [0.29, 0.717) is 6.07 Å². The van der Waals surface area contributed by atoms with Gasteiger partial charge in [0.1, 0.15) is 5.69 Å². The highest BCUT2D eigenvalue weighted by Crippen LogP contribution is 2.35. The van der Waals surface area contributed by atoms with Crippen molar-refractivity contribution in [3.63, 3.8) is 0 Å². The summed E-state index contributed by atoms with van der Waals surface area (Å²) >= 11 is 5.74. The largest absolute Gasteiger partial charge is 0.492 e. The van der Waals surface area contributed by atoms with E-state index in [2.05, 4.69) is 9.72 Å². The van der Waals surface area contributed by atoms with Crippen molar-refractivity contribution in [3.05, 3.63) is 46.4 Å². The predicted octanol–water partition coefficient (Wildman–Crippen LogP) is 4.64. The van der Waals surface area contributed by atoms with Crippen molar-refractivity contribution in [2.75, 3.05) is 14.2 Å². The van der Waals surface area contributed by atoms with Crippen LogP contribution in [-0.4, -0.2) is 25.2 Å². The normalized spacial score (nSPS) is 9.83. The maximum absolute atomic E-state index is 14.3. The zero-order valence-corrected chi connectivity index (χ0v) is 14.2. The van der Waals surface area contributed by atoms with Crippen LogP contribution >= 0.6 is 11.6 Å². The number of aromatic nitrogens is 1. The van der Waals surface area contributed by atoms with Crippen molar-refractivity contribution in [2.24, 2.45) is 0 Å². The van der Waals surface area contributed by atoms with Gasteiger partial charge >= 0.3 is 5.97 Å². The zero-order valence-electron chi connectivity index (χ0n) is 13.4. The second kappa shape index (κ2) is 8.54. The van der Waals surface area contributed by atoms with E-state index in [9.17, 15) is 18.0 Å². The number of benzene rings is 1. The molecule has 1 heterocycles. The van der Waals surface area contributed by atoms with Crippen molar-refractivity contribution in [2.45, 2.75) is 13.8 Å². The van der Waals surface area contributed by atoms with Crippen LogP contribution in [0.1, 0.15) is 24.3 Å². The van der Waals surface area contributed by atoms with Gasteiger partial charge in [-0.2, -0.15) is 0 Å². The average Bonchev–Trinajstić information content (AvgIpc) is 2.59. The van der Waals surface area contributed by atoms with Crippen LogP contribution in [0.15, 0.2) is 18.2 Å². The van der Waals surface area contributed by atoms with Gasteiger partial charge in [0.2, 0.25) is 0 Å². The molecular weight excluding hydrogens is 347 g/mol. The van der Waals surface area contributed by atoms with E-state index in [0.717, 1.165) is 13.2 Å². The molecule has 0 aliphatic heterocycles. The number of rotatable bonds is 3. The summed E-state index contributed by atoms with van der Waals surface area (Å²) in [5.41, 5.74) is -1.58. The lowest BCUT2D eigenvalue weighted by molar-refractivity contribution is 0.0593. The van der Waals surface area contributed by atoms with Gasteiger partial charge in [0, 0.05) is 11.6 Å². The van der Waals surface area contributed by atoms with Gasteiger partial charge in [0.15, 0.2) is 28.9 Å². The van der Waals surface area contributed by atoms with Gasteiger partial charge in [0.05, 0.1) is 19.2 Å². The molecule has 2 rings (SSSR count). The van der Waals surface area contributed by atoms with Gasteiger partial charge < -0.3 is 9.47 Å². The van der Waals surface area contributed by atoms with Crippen LogP contribution in [0.25, 0.3) is 11.3 Å². The van der Waals surface area contributed by atoms with Crippen molar-refractivity contribution in [1.82, 2.24) is 4.98 Å². The number of hydrogen-bond acceptors (Lipinski definition) is 4. The minimum absolute atomic E-state index is 0.0475. The van der Waals surface area contributed by atoms with Gasteiger partial charge in [0.25, 0.3) is 0 Å². The van der Waals surface area contributed by atoms with E-state index >= 15 is 0 Å². The molecule has 0 fully saturated rings. The highest BCUT2D eigenvalue weighted by molar-refractivity contribution is 6.32. The molecule has 0 N–H and O–H groups in total. The van der Waals surface area contributed by atoms with Gasteiger partial charge in [-0.25, -0.2) is 22.9 Å².